The van der Waals surface area contributed by atoms with Crippen LogP contribution in [0.3, 0.4) is 0 Å². The highest BCUT2D eigenvalue weighted by Gasteiger charge is 2.59. The van der Waals surface area contributed by atoms with E-state index in [2.05, 4.69) is 18.3 Å². The molecule has 0 saturated carbocycles. The van der Waals surface area contributed by atoms with Crippen molar-refractivity contribution in [1.82, 2.24) is 5.32 Å². The first kappa shape index (κ1) is 25.6. The van der Waals surface area contributed by atoms with E-state index in [-0.39, 0.29) is 12.0 Å². The van der Waals surface area contributed by atoms with Gasteiger partial charge in [-0.1, -0.05) is 73.7 Å². The van der Waals surface area contributed by atoms with Crippen molar-refractivity contribution in [3.05, 3.63) is 69.7 Å². The zero-order chi connectivity index (χ0) is 24.2. The number of nitrogens with zero attached hydrogens (tertiary/aromatic N) is 1. The zero-order valence-electron chi connectivity index (χ0n) is 19.7. The van der Waals surface area contributed by atoms with Gasteiger partial charge in [0.15, 0.2) is 0 Å². The summed E-state index contributed by atoms with van der Waals surface area (Å²) in [5, 5.41) is 15.5. The van der Waals surface area contributed by atoms with E-state index in [1.165, 1.54) is 0 Å². The van der Waals surface area contributed by atoms with Crippen LogP contribution >= 0.6 is 23.2 Å². The molecule has 176 valence electrons. The van der Waals surface area contributed by atoms with Crippen LogP contribution in [0.5, 0.6) is 0 Å². The van der Waals surface area contributed by atoms with Crippen LogP contribution in [-0.4, -0.2) is 23.7 Å². The van der Waals surface area contributed by atoms with Crippen LogP contribution in [0, 0.1) is 11.3 Å². The summed E-state index contributed by atoms with van der Waals surface area (Å²) in [7, 11) is 0. The number of esters is 1. The van der Waals surface area contributed by atoms with Gasteiger partial charge >= 0.3 is 5.97 Å². The van der Waals surface area contributed by atoms with Crippen LogP contribution < -0.4 is 5.32 Å². The van der Waals surface area contributed by atoms with Crippen molar-refractivity contribution in [2.45, 2.75) is 82.4 Å². The van der Waals surface area contributed by atoms with Crippen LogP contribution in [0.2, 0.25) is 10.0 Å². The minimum atomic E-state index is -0.995. The van der Waals surface area contributed by atoms with Crippen LogP contribution in [0.4, 0.5) is 0 Å². The van der Waals surface area contributed by atoms with E-state index in [1.807, 2.05) is 51.1 Å². The first-order valence-corrected chi connectivity index (χ1v) is 12.3. The maximum absolute atomic E-state index is 13.4. The van der Waals surface area contributed by atoms with E-state index in [0.717, 1.165) is 36.8 Å². The lowest BCUT2D eigenvalue weighted by atomic mass is 9.64. The Morgan fingerprint density at radius 1 is 1.12 bits per heavy atom. The molecule has 0 aromatic heterocycles. The third kappa shape index (κ3) is 5.54. The highest BCUT2D eigenvalue weighted by molar-refractivity contribution is 6.30. The number of hydrogen-bond donors (Lipinski definition) is 1. The summed E-state index contributed by atoms with van der Waals surface area (Å²) in [6.07, 6.45) is 3.84. The van der Waals surface area contributed by atoms with E-state index in [9.17, 15) is 10.1 Å². The van der Waals surface area contributed by atoms with Crippen molar-refractivity contribution >= 4 is 29.2 Å². The normalized spacial score (nSPS) is 24.9. The Balaban J connectivity index is 2.20. The number of rotatable bonds is 7. The number of nitrogens with one attached hydrogen (secondary N) is 1. The van der Waals surface area contributed by atoms with Gasteiger partial charge in [0.2, 0.25) is 0 Å². The maximum Gasteiger partial charge on any atom is 0.324 e. The lowest BCUT2D eigenvalue weighted by Crippen LogP contribution is -2.42. The Hall–Kier alpha value is -2.06. The van der Waals surface area contributed by atoms with E-state index in [4.69, 9.17) is 27.9 Å². The molecule has 0 radical (unpaired) electrons. The second-order valence-electron chi connectivity index (χ2n) is 9.75. The van der Waals surface area contributed by atoms with Crippen molar-refractivity contribution in [3.63, 3.8) is 0 Å². The number of halogens is 2. The number of unbranched alkanes of at least 4 members (excludes halogenated alkanes) is 2. The summed E-state index contributed by atoms with van der Waals surface area (Å²) >= 11 is 12.5. The summed E-state index contributed by atoms with van der Waals surface area (Å²) in [6, 6.07) is 16.6. The minimum absolute atomic E-state index is 0.239. The van der Waals surface area contributed by atoms with Gasteiger partial charge in [0.05, 0.1) is 6.07 Å². The fourth-order valence-electron chi connectivity index (χ4n) is 4.88. The number of nitriles is 1. The smallest absolute Gasteiger partial charge is 0.324 e. The molecule has 1 aliphatic heterocycles. The summed E-state index contributed by atoms with van der Waals surface area (Å²) in [6.45, 7) is 7.70. The molecule has 1 aliphatic rings. The maximum atomic E-state index is 13.4. The van der Waals surface area contributed by atoms with Crippen molar-refractivity contribution in [2.24, 2.45) is 0 Å². The standard InChI is InChI=1S/C27H32Cl2N2O2/c1-5-6-7-11-22-27(17-30,19-12-14-20(28)15-13-19)23(18-9-8-10-21(29)16-18)24(31-22)25(32)33-26(2,3)4/h8-10,12-16,22-24,31H,5-7,11H2,1-4H3/t22-,23+,24-,27+/m1/s1. The lowest BCUT2D eigenvalue weighted by Gasteiger charge is -2.35. The van der Waals surface area contributed by atoms with Gasteiger partial charge in [0.25, 0.3) is 0 Å². The Kier molecular flexibility index (Phi) is 8.11. The minimum Gasteiger partial charge on any atom is -0.459 e. The monoisotopic (exact) mass is 486 g/mol. The van der Waals surface area contributed by atoms with Gasteiger partial charge in [-0.05, 0) is 62.6 Å². The van der Waals surface area contributed by atoms with Crippen LogP contribution in [0.15, 0.2) is 48.5 Å². The average Bonchev–Trinajstić information content (AvgIpc) is 3.09. The Morgan fingerprint density at radius 2 is 1.82 bits per heavy atom. The van der Waals surface area contributed by atoms with Crippen molar-refractivity contribution in [2.75, 3.05) is 0 Å². The molecule has 33 heavy (non-hydrogen) atoms. The summed E-state index contributed by atoms with van der Waals surface area (Å²) < 4.78 is 5.81. The predicted molar refractivity (Wildman–Crippen MR) is 134 cm³/mol. The van der Waals surface area contributed by atoms with E-state index in [1.54, 1.807) is 18.2 Å². The van der Waals surface area contributed by atoms with Crippen molar-refractivity contribution in [3.8, 4) is 6.07 Å². The summed E-state index contributed by atoms with van der Waals surface area (Å²) in [5.41, 5.74) is 0.0257. The van der Waals surface area contributed by atoms with Gasteiger partial charge < -0.3 is 4.74 Å². The first-order chi connectivity index (χ1) is 15.6. The van der Waals surface area contributed by atoms with E-state index < -0.39 is 23.0 Å². The zero-order valence-corrected chi connectivity index (χ0v) is 21.2. The molecule has 0 bridgehead atoms. The average molecular weight is 487 g/mol. The van der Waals surface area contributed by atoms with Gasteiger partial charge in [-0.25, -0.2) is 0 Å². The SMILES string of the molecule is CCCCC[C@H]1N[C@@H](C(=O)OC(C)(C)C)[C@H](c2cccc(Cl)c2)[C@@]1(C#N)c1ccc(Cl)cc1. The largest absolute Gasteiger partial charge is 0.459 e. The lowest BCUT2D eigenvalue weighted by molar-refractivity contribution is -0.157. The molecule has 6 heteroatoms. The molecule has 4 atom stereocenters. The molecular formula is C27H32Cl2N2O2. The van der Waals surface area contributed by atoms with Crippen LogP contribution in [0.1, 0.15) is 70.4 Å². The third-order valence-electron chi connectivity index (χ3n) is 6.23. The molecule has 3 rings (SSSR count). The number of hydrogen-bond acceptors (Lipinski definition) is 4. The van der Waals surface area contributed by atoms with Gasteiger partial charge in [-0.15, -0.1) is 0 Å². The van der Waals surface area contributed by atoms with Gasteiger partial charge in [-0.3, -0.25) is 10.1 Å². The molecule has 2 aromatic rings. The second-order valence-corrected chi connectivity index (χ2v) is 10.6. The molecule has 1 fully saturated rings. The molecule has 4 nitrogen and oxygen atoms in total. The number of carbonyl (C=O) groups excluding carboxylic acids is 1. The fraction of sp³-hybridized carbons (Fsp3) is 0.481. The molecule has 2 aromatic carbocycles. The van der Waals surface area contributed by atoms with Crippen molar-refractivity contribution in [1.29, 1.82) is 5.26 Å². The Labute approximate surface area is 207 Å². The molecule has 0 aliphatic carbocycles. The van der Waals surface area contributed by atoms with Crippen LogP contribution in [-0.2, 0) is 14.9 Å². The fourth-order valence-corrected chi connectivity index (χ4v) is 5.20. The number of benzene rings is 2. The van der Waals surface area contributed by atoms with E-state index in [0.29, 0.717) is 10.0 Å². The molecule has 0 amide bonds. The molecule has 1 heterocycles. The molecular weight excluding hydrogens is 455 g/mol. The summed E-state index contributed by atoms with van der Waals surface area (Å²) in [4.78, 5) is 13.4. The third-order valence-corrected chi connectivity index (χ3v) is 6.71. The van der Waals surface area contributed by atoms with Gasteiger partial charge in [-0.2, -0.15) is 5.26 Å². The molecule has 0 spiro atoms. The topological polar surface area (TPSA) is 62.1 Å². The highest BCUT2D eigenvalue weighted by Crippen LogP contribution is 2.50. The summed E-state index contributed by atoms with van der Waals surface area (Å²) in [5.74, 6) is -0.845. The van der Waals surface area contributed by atoms with Gasteiger partial charge in [0.1, 0.15) is 17.1 Å². The number of ether oxygens (including phenoxy) is 1. The van der Waals surface area contributed by atoms with E-state index >= 15 is 0 Å². The molecule has 1 N–H and O–H groups in total. The molecule has 0 unspecified atom stereocenters. The second kappa shape index (κ2) is 10.5. The van der Waals surface area contributed by atoms with Crippen molar-refractivity contribution < 1.29 is 9.53 Å². The van der Waals surface area contributed by atoms with Gasteiger partial charge in [0, 0.05) is 22.0 Å². The van der Waals surface area contributed by atoms with Crippen LogP contribution in [0.25, 0.3) is 0 Å². The predicted octanol–water partition coefficient (Wildman–Crippen LogP) is 6.80. The Morgan fingerprint density at radius 3 is 2.39 bits per heavy atom. The number of carbonyl (C=O) groups is 1. The molecule has 1 saturated heterocycles. The Bertz CT molecular complexity index is 1010. The quantitative estimate of drug-likeness (QED) is 0.345. The highest BCUT2D eigenvalue weighted by atomic mass is 35.5. The first-order valence-electron chi connectivity index (χ1n) is 11.5.